The van der Waals surface area contributed by atoms with Crippen molar-refractivity contribution in [3.05, 3.63) is 65.8 Å². The molecule has 3 aromatic rings. The van der Waals surface area contributed by atoms with Gasteiger partial charge in [-0.2, -0.15) is 10.4 Å². The third-order valence-electron chi connectivity index (χ3n) is 5.44. The second-order valence-electron chi connectivity index (χ2n) is 7.47. The molecule has 10 heteroatoms. The van der Waals surface area contributed by atoms with E-state index in [9.17, 15) is 9.65 Å². The zero-order valence-corrected chi connectivity index (χ0v) is 17.3. The van der Waals surface area contributed by atoms with Gasteiger partial charge in [-0.3, -0.25) is 4.68 Å². The molecule has 9 nitrogen and oxygen atoms in total. The number of aryl methyl sites for hydroxylation is 1. The summed E-state index contributed by atoms with van der Waals surface area (Å²) < 4.78 is 21.8. The maximum Gasteiger partial charge on any atom is 0.188 e. The lowest BCUT2D eigenvalue weighted by Gasteiger charge is -2.34. The molecule has 0 saturated carbocycles. The van der Waals surface area contributed by atoms with Gasteiger partial charge in [-0.05, 0) is 37.3 Å². The zero-order chi connectivity index (χ0) is 22.4. The van der Waals surface area contributed by atoms with Gasteiger partial charge in [0.15, 0.2) is 17.4 Å². The highest BCUT2D eigenvalue weighted by Gasteiger charge is 2.28. The fraction of sp³-hybridized carbons (Fsp3) is 0.182. The van der Waals surface area contributed by atoms with Crippen LogP contribution in [0.3, 0.4) is 0 Å². The van der Waals surface area contributed by atoms with Crippen LogP contribution >= 0.6 is 0 Å². The van der Waals surface area contributed by atoms with Gasteiger partial charge in [-0.25, -0.2) is 4.39 Å². The number of nitriles is 1. The third kappa shape index (κ3) is 3.11. The van der Waals surface area contributed by atoms with E-state index in [0.29, 0.717) is 28.3 Å². The van der Waals surface area contributed by atoms with Gasteiger partial charge in [-0.1, -0.05) is 6.08 Å². The van der Waals surface area contributed by atoms with Crippen LogP contribution in [0.1, 0.15) is 24.3 Å². The van der Waals surface area contributed by atoms with E-state index >= 15 is 0 Å². The van der Waals surface area contributed by atoms with E-state index in [1.807, 2.05) is 36.3 Å². The van der Waals surface area contributed by atoms with E-state index in [1.165, 1.54) is 16.8 Å². The van der Waals surface area contributed by atoms with Gasteiger partial charge < -0.3 is 20.7 Å². The maximum absolute atomic E-state index is 14.2. The average molecular weight is 430 g/mol. The number of hydrogen-bond acceptors (Lipinski definition) is 8. The first-order chi connectivity index (χ1) is 15.5. The maximum atomic E-state index is 14.2. The van der Waals surface area contributed by atoms with Gasteiger partial charge in [0.1, 0.15) is 35.5 Å². The van der Waals surface area contributed by atoms with Crippen molar-refractivity contribution in [1.29, 1.82) is 5.26 Å². The number of nitrogen functional groups attached to an aromatic ring is 1. The zero-order valence-electron chi connectivity index (χ0n) is 17.3. The van der Waals surface area contributed by atoms with Crippen molar-refractivity contribution in [2.75, 3.05) is 16.0 Å². The fourth-order valence-corrected chi connectivity index (χ4v) is 3.92. The van der Waals surface area contributed by atoms with Gasteiger partial charge in [0.2, 0.25) is 0 Å². The second kappa shape index (κ2) is 7.39. The van der Waals surface area contributed by atoms with Crippen LogP contribution < -0.4 is 20.7 Å². The average Bonchev–Trinajstić information content (AvgIpc) is 3.09. The van der Waals surface area contributed by atoms with Crippen LogP contribution in [0.15, 0.2) is 48.7 Å². The standard InChI is InChI=1S/C22H19FN8O/c1-12-14-9-13(23)6-7-16(14)31-8-4-3-5-19(31)26-22-20(17(11-24)30(2)29-22)15-10-18(32-12)21(25)28-27-15/h3-10,12,19H,1-2H3,(H2,25,28)(H,26,29). The number of benzene rings is 1. The van der Waals surface area contributed by atoms with Gasteiger partial charge in [0, 0.05) is 30.6 Å². The van der Waals surface area contributed by atoms with Gasteiger partial charge in [0.25, 0.3) is 0 Å². The summed E-state index contributed by atoms with van der Waals surface area (Å²) >= 11 is 0. The summed E-state index contributed by atoms with van der Waals surface area (Å²) in [6.07, 6.45) is 6.69. The number of hydrogen-bond donors (Lipinski definition) is 2. The molecule has 0 radical (unpaired) electrons. The lowest BCUT2D eigenvalue weighted by Crippen LogP contribution is -2.38. The van der Waals surface area contributed by atoms with E-state index in [-0.39, 0.29) is 23.6 Å². The van der Waals surface area contributed by atoms with E-state index in [2.05, 4.69) is 26.7 Å². The molecule has 2 atom stereocenters. The molecule has 2 aliphatic rings. The lowest BCUT2D eigenvalue weighted by molar-refractivity contribution is 0.227. The summed E-state index contributed by atoms with van der Waals surface area (Å²) in [5.74, 6) is 0.439. The van der Waals surface area contributed by atoms with Crippen LogP contribution in [0.25, 0.3) is 11.3 Å². The van der Waals surface area contributed by atoms with Crippen molar-refractivity contribution < 1.29 is 9.13 Å². The van der Waals surface area contributed by atoms with Crippen LogP contribution in [0.4, 0.5) is 21.7 Å². The fourth-order valence-electron chi connectivity index (χ4n) is 3.92. The first-order valence-corrected chi connectivity index (χ1v) is 9.93. The van der Waals surface area contributed by atoms with Crippen molar-refractivity contribution in [3.63, 3.8) is 0 Å². The summed E-state index contributed by atoms with van der Waals surface area (Å²) in [6, 6.07) is 8.35. The first-order valence-electron chi connectivity index (χ1n) is 9.93. The first kappa shape index (κ1) is 19.6. The monoisotopic (exact) mass is 430 g/mol. The molecule has 0 saturated heterocycles. The SMILES string of the molecule is CC1Oc2cc(nnc2N)-c2c(nn(C)c2C#N)NC2C=CC=CN2c2ccc(F)cc21. The number of nitrogens with two attached hydrogens (primary N) is 1. The highest BCUT2D eigenvalue weighted by molar-refractivity contribution is 5.80. The molecular weight excluding hydrogens is 411 g/mol. The Kier molecular flexibility index (Phi) is 4.52. The number of aromatic nitrogens is 4. The second-order valence-corrected chi connectivity index (χ2v) is 7.47. The lowest BCUT2D eigenvalue weighted by atomic mass is 10.0. The van der Waals surface area contributed by atoms with Crippen LogP contribution in [0.2, 0.25) is 0 Å². The third-order valence-corrected chi connectivity index (χ3v) is 5.44. The summed E-state index contributed by atoms with van der Waals surface area (Å²) in [7, 11) is 1.68. The molecule has 4 heterocycles. The Labute approximate surface area is 183 Å². The van der Waals surface area contributed by atoms with Crippen molar-refractivity contribution in [2.24, 2.45) is 7.05 Å². The summed E-state index contributed by atoms with van der Waals surface area (Å²) in [5, 5.41) is 25.8. The molecule has 160 valence electrons. The van der Waals surface area contributed by atoms with Crippen molar-refractivity contribution >= 4 is 17.3 Å². The van der Waals surface area contributed by atoms with Crippen LogP contribution in [0.5, 0.6) is 5.75 Å². The number of nitrogens with one attached hydrogen (secondary N) is 1. The van der Waals surface area contributed by atoms with Crippen LogP contribution in [-0.4, -0.2) is 26.1 Å². The number of allylic oxidation sites excluding steroid dienone is 2. The topological polar surface area (TPSA) is 118 Å². The van der Waals surface area contributed by atoms with E-state index in [1.54, 1.807) is 19.2 Å². The number of anilines is 3. The van der Waals surface area contributed by atoms with Crippen molar-refractivity contribution in [2.45, 2.75) is 19.2 Å². The molecule has 0 spiro atoms. The minimum atomic E-state index is -0.553. The molecule has 2 aliphatic heterocycles. The quantitative estimate of drug-likeness (QED) is 0.558. The predicted molar refractivity (Wildman–Crippen MR) is 117 cm³/mol. The molecule has 2 unspecified atom stereocenters. The van der Waals surface area contributed by atoms with Gasteiger partial charge in [-0.15, -0.1) is 10.2 Å². The predicted octanol–water partition coefficient (Wildman–Crippen LogP) is 3.25. The van der Waals surface area contributed by atoms with E-state index in [0.717, 1.165) is 5.69 Å². The largest absolute Gasteiger partial charge is 0.482 e. The Morgan fingerprint density at radius 1 is 1.25 bits per heavy atom. The van der Waals surface area contributed by atoms with Crippen LogP contribution in [-0.2, 0) is 7.05 Å². The number of nitrogens with zero attached hydrogens (tertiary/aromatic N) is 6. The molecule has 3 N–H and O–H groups in total. The molecule has 2 aromatic heterocycles. The minimum absolute atomic E-state index is 0.0891. The number of rotatable bonds is 0. The van der Waals surface area contributed by atoms with E-state index in [4.69, 9.17) is 10.5 Å². The van der Waals surface area contributed by atoms with Crippen molar-refractivity contribution in [1.82, 2.24) is 20.0 Å². The highest BCUT2D eigenvalue weighted by Crippen LogP contribution is 2.38. The van der Waals surface area contributed by atoms with E-state index < -0.39 is 6.10 Å². The number of halogens is 1. The molecule has 0 fully saturated rings. The Balaban J connectivity index is 1.78. The van der Waals surface area contributed by atoms with Gasteiger partial charge in [0.05, 0.1) is 5.56 Å². The minimum Gasteiger partial charge on any atom is -0.482 e. The molecule has 0 aliphatic carbocycles. The number of ether oxygens (including phenoxy) is 1. The summed E-state index contributed by atoms with van der Waals surface area (Å²) in [6.45, 7) is 1.81. The van der Waals surface area contributed by atoms with Crippen molar-refractivity contribution in [3.8, 4) is 23.1 Å². The normalized spacial score (nSPS) is 18.8. The molecule has 5 rings (SSSR count). The molecule has 32 heavy (non-hydrogen) atoms. The smallest absolute Gasteiger partial charge is 0.188 e. The summed E-state index contributed by atoms with van der Waals surface area (Å²) in [4.78, 5) is 1.95. The number of fused-ring (bicyclic) bond motifs is 7. The molecule has 2 bridgehead atoms. The highest BCUT2D eigenvalue weighted by atomic mass is 19.1. The Hall–Kier alpha value is -4.39. The summed E-state index contributed by atoms with van der Waals surface area (Å²) in [5.41, 5.74) is 8.59. The Morgan fingerprint density at radius 2 is 2.09 bits per heavy atom. The Morgan fingerprint density at radius 3 is 2.91 bits per heavy atom. The molecular formula is C22H19FN8O. The van der Waals surface area contributed by atoms with Gasteiger partial charge >= 0.3 is 0 Å². The molecule has 1 aromatic carbocycles. The molecule has 0 amide bonds. The van der Waals surface area contributed by atoms with Crippen LogP contribution in [0, 0.1) is 17.1 Å². The Bertz CT molecular complexity index is 1320.